The third-order valence-electron chi connectivity index (χ3n) is 8.01. The number of fused-ring (bicyclic) bond motifs is 4. The van der Waals surface area contributed by atoms with Crippen LogP contribution in [-0.2, 0) is 24.9 Å². The third-order valence-corrected chi connectivity index (χ3v) is 8.01. The second-order valence-electron chi connectivity index (χ2n) is 10.9. The molecule has 1 N–H and O–H groups in total. The maximum Gasteiger partial charge on any atom is 0.219 e. The average Bonchev–Trinajstić information content (AvgIpc) is 3.60. The molecule has 2 atom stereocenters. The van der Waals surface area contributed by atoms with Gasteiger partial charge in [0.2, 0.25) is 5.88 Å². The lowest BCUT2D eigenvalue weighted by atomic mass is 10.0. The SMILES string of the molecule is CCN1Cc2c(c(C)nn2CCO)/C=C\c2nn(C3CCCCO3)c3ccc(cc23)-c2cnn(C)c2O[C@@H](C)C1. The van der Waals surface area contributed by atoms with Gasteiger partial charge >= 0.3 is 0 Å². The van der Waals surface area contributed by atoms with Crippen molar-refractivity contribution >= 4 is 23.1 Å². The van der Waals surface area contributed by atoms with E-state index in [9.17, 15) is 5.11 Å². The van der Waals surface area contributed by atoms with Crippen molar-refractivity contribution in [3.05, 3.63) is 47.0 Å². The number of aromatic nitrogens is 6. The van der Waals surface area contributed by atoms with Crippen molar-refractivity contribution < 1.29 is 14.6 Å². The Morgan fingerprint density at radius 2 is 2.02 bits per heavy atom. The van der Waals surface area contributed by atoms with E-state index in [0.29, 0.717) is 13.1 Å². The number of hydrogen-bond acceptors (Lipinski definition) is 7. The van der Waals surface area contributed by atoms with Crippen molar-refractivity contribution in [3.63, 3.8) is 0 Å². The lowest BCUT2D eigenvalue weighted by Gasteiger charge is -2.26. The van der Waals surface area contributed by atoms with Crippen LogP contribution in [0.5, 0.6) is 5.88 Å². The lowest BCUT2D eigenvalue weighted by Crippen LogP contribution is -2.34. The Kier molecular flexibility index (Phi) is 7.48. The molecule has 10 nitrogen and oxygen atoms in total. The van der Waals surface area contributed by atoms with Gasteiger partial charge in [-0.1, -0.05) is 13.0 Å². The van der Waals surface area contributed by atoms with Crippen LogP contribution in [0.25, 0.3) is 34.2 Å². The summed E-state index contributed by atoms with van der Waals surface area (Å²) in [7, 11) is 1.92. The van der Waals surface area contributed by atoms with Crippen molar-refractivity contribution in [3.8, 4) is 17.0 Å². The minimum absolute atomic E-state index is 0.0331. The van der Waals surface area contributed by atoms with Crippen molar-refractivity contribution in [1.29, 1.82) is 0 Å². The zero-order valence-corrected chi connectivity index (χ0v) is 23.9. The molecule has 6 rings (SSSR count). The first-order valence-electron chi connectivity index (χ1n) is 14.4. The first kappa shape index (κ1) is 26.7. The van der Waals surface area contributed by atoms with E-state index in [4.69, 9.17) is 19.7 Å². The Labute approximate surface area is 234 Å². The van der Waals surface area contributed by atoms with Crippen LogP contribution < -0.4 is 4.74 Å². The summed E-state index contributed by atoms with van der Waals surface area (Å²) in [4.78, 5) is 2.36. The smallest absolute Gasteiger partial charge is 0.219 e. The molecule has 1 fully saturated rings. The van der Waals surface area contributed by atoms with Crippen molar-refractivity contribution in [1.82, 2.24) is 34.2 Å². The van der Waals surface area contributed by atoms with Gasteiger partial charge in [0, 0.05) is 37.7 Å². The van der Waals surface area contributed by atoms with E-state index in [2.05, 4.69) is 54.2 Å². The summed E-state index contributed by atoms with van der Waals surface area (Å²) >= 11 is 0. The topological polar surface area (TPSA) is 95.4 Å². The fourth-order valence-corrected chi connectivity index (χ4v) is 5.93. The van der Waals surface area contributed by atoms with E-state index in [1.807, 2.05) is 34.2 Å². The third kappa shape index (κ3) is 4.95. The van der Waals surface area contributed by atoms with E-state index in [-0.39, 0.29) is 18.9 Å². The highest BCUT2D eigenvalue weighted by Crippen LogP contribution is 2.36. The summed E-state index contributed by atoms with van der Waals surface area (Å²) in [6.07, 6.45) is 9.13. The minimum Gasteiger partial charge on any atom is -0.473 e. The zero-order valence-electron chi connectivity index (χ0n) is 23.9. The largest absolute Gasteiger partial charge is 0.473 e. The molecule has 1 unspecified atom stereocenters. The van der Waals surface area contributed by atoms with Gasteiger partial charge in [0.05, 0.1) is 47.5 Å². The Morgan fingerprint density at radius 3 is 2.80 bits per heavy atom. The molecule has 0 saturated carbocycles. The minimum atomic E-state index is -0.0734. The van der Waals surface area contributed by atoms with E-state index >= 15 is 0 Å². The van der Waals surface area contributed by atoms with Crippen LogP contribution in [0.3, 0.4) is 0 Å². The van der Waals surface area contributed by atoms with Gasteiger partial charge in [0.15, 0.2) is 6.23 Å². The summed E-state index contributed by atoms with van der Waals surface area (Å²) in [5.74, 6) is 0.750. The maximum atomic E-state index is 9.76. The summed E-state index contributed by atoms with van der Waals surface area (Å²) in [5.41, 5.74) is 7.00. The number of nitrogens with zero attached hydrogens (tertiary/aromatic N) is 7. The van der Waals surface area contributed by atoms with Gasteiger partial charge in [0.1, 0.15) is 6.10 Å². The summed E-state index contributed by atoms with van der Waals surface area (Å²) in [6.45, 7) is 9.81. The molecular formula is C30H39N7O3. The van der Waals surface area contributed by atoms with Crippen molar-refractivity contribution in [2.45, 2.75) is 65.5 Å². The number of rotatable bonds is 4. The van der Waals surface area contributed by atoms with Gasteiger partial charge in [-0.3, -0.25) is 9.58 Å². The second kappa shape index (κ2) is 11.2. The van der Waals surface area contributed by atoms with Crippen LogP contribution in [0.1, 0.15) is 62.0 Å². The average molecular weight is 546 g/mol. The Bertz CT molecular complexity index is 1530. The Morgan fingerprint density at radius 1 is 1.15 bits per heavy atom. The lowest BCUT2D eigenvalue weighted by molar-refractivity contribution is -0.0367. The molecule has 40 heavy (non-hydrogen) atoms. The van der Waals surface area contributed by atoms with E-state index in [0.717, 1.165) is 89.5 Å². The molecular weight excluding hydrogens is 506 g/mol. The Hall–Kier alpha value is -3.47. The van der Waals surface area contributed by atoms with Gasteiger partial charge in [0.25, 0.3) is 0 Å². The number of benzene rings is 1. The standard InChI is InChI=1S/C30H39N7O3/c1-5-35-18-20(2)40-30-25(17-31-34(30)4)22-9-12-27-24(16-22)26(33-37(27)29-8-6-7-15-39-29)11-10-23-21(3)32-36(13-14-38)28(23)19-35/h9-12,16-17,20,29,38H,5-8,13-15,18-19H2,1-4H3/b11-10-/t20-,29?/m0/s1. The highest BCUT2D eigenvalue weighted by atomic mass is 16.5. The molecule has 0 radical (unpaired) electrons. The Balaban J connectivity index is 1.55. The van der Waals surface area contributed by atoms with Crippen molar-refractivity contribution in [2.75, 3.05) is 26.3 Å². The van der Waals surface area contributed by atoms with Crippen LogP contribution in [0.4, 0.5) is 0 Å². The molecule has 2 aliphatic heterocycles. The molecule has 0 amide bonds. The van der Waals surface area contributed by atoms with Crippen LogP contribution in [0.2, 0.25) is 0 Å². The molecule has 0 spiro atoms. The van der Waals surface area contributed by atoms with E-state index < -0.39 is 0 Å². The quantitative estimate of drug-likeness (QED) is 0.406. The number of hydrogen-bond donors (Lipinski definition) is 1. The summed E-state index contributed by atoms with van der Waals surface area (Å²) < 4.78 is 18.5. The van der Waals surface area contributed by atoms with Crippen LogP contribution in [0, 0.1) is 6.92 Å². The van der Waals surface area contributed by atoms with Gasteiger partial charge in [-0.25, -0.2) is 9.36 Å². The van der Waals surface area contributed by atoms with Gasteiger partial charge in [-0.05, 0) is 69.5 Å². The molecule has 5 heterocycles. The van der Waals surface area contributed by atoms with Crippen LogP contribution >= 0.6 is 0 Å². The van der Waals surface area contributed by atoms with Crippen LogP contribution in [0.15, 0.2) is 24.4 Å². The first-order chi connectivity index (χ1) is 19.5. The number of aliphatic hydroxyl groups is 1. The molecule has 2 bridgehead atoms. The molecule has 1 saturated heterocycles. The van der Waals surface area contributed by atoms with E-state index in [1.54, 1.807) is 0 Å². The summed E-state index contributed by atoms with van der Waals surface area (Å²) in [5, 5.41) is 25.2. The highest BCUT2D eigenvalue weighted by molar-refractivity contribution is 5.93. The number of likely N-dealkylation sites (N-methyl/N-ethyl adjacent to an activating group) is 1. The second-order valence-corrected chi connectivity index (χ2v) is 10.9. The molecule has 1 aromatic carbocycles. The van der Waals surface area contributed by atoms with Crippen molar-refractivity contribution in [2.24, 2.45) is 7.05 Å². The number of aliphatic hydroxyl groups excluding tert-OH is 1. The highest BCUT2D eigenvalue weighted by Gasteiger charge is 2.24. The zero-order chi connectivity index (χ0) is 27.8. The molecule has 4 aromatic rings. The molecule has 2 aliphatic rings. The maximum absolute atomic E-state index is 9.76. The first-order valence-corrected chi connectivity index (χ1v) is 14.4. The van der Waals surface area contributed by atoms with Gasteiger partial charge < -0.3 is 14.6 Å². The molecule has 0 aliphatic carbocycles. The molecule has 3 aromatic heterocycles. The van der Waals surface area contributed by atoms with Crippen LogP contribution in [-0.4, -0.2) is 71.8 Å². The van der Waals surface area contributed by atoms with Gasteiger partial charge in [-0.2, -0.15) is 15.3 Å². The fourth-order valence-electron chi connectivity index (χ4n) is 5.93. The number of aryl methyl sites for hydroxylation is 2. The van der Waals surface area contributed by atoms with E-state index in [1.165, 1.54) is 0 Å². The monoisotopic (exact) mass is 545 g/mol. The number of ether oxygens (including phenoxy) is 2. The predicted octanol–water partition coefficient (Wildman–Crippen LogP) is 4.41. The predicted molar refractivity (Wildman–Crippen MR) is 155 cm³/mol. The molecule has 212 valence electrons. The summed E-state index contributed by atoms with van der Waals surface area (Å²) in [6, 6.07) is 6.46. The normalized spacial score (nSPS) is 21.0. The molecule has 10 heteroatoms. The fraction of sp³-hybridized carbons (Fsp3) is 0.500. The van der Waals surface area contributed by atoms with Gasteiger partial charge in [-0.15, -0.1) is 0 Å².